The second-order valence-electron chi connectivity index (χ2n) is 2.59. The van der Waals surface area contributed by atoms with E-state index in [4.69, 9.17) is 0 Å². The topological polar surface area (TPSA) is 25.8 Å². The summed E-state index contributed by atoms with van der Waals surface area (Å²) in [6.45, 7) is 10.1. The van der Waals surface area contributed by atoms with Crippen molar-refractivity contribution < 1.29 is 0 Å². The molecule has 15 heavy (non-hydrogen) atoms. The van der Waals surface area contributed by atoms with Crippen molar-refractivity contribution in [1.29, 1.82) is 0 Å². The minimum Gasteiger partial charge on any atom is -0.244 e. The van der Waals surface area contributed by atoms with Gasteiger partial charge in [0.2, 0.25) is 0 Å². The normalized spacial score (nSPS) is 8.33. The van der Waals surface area contributed by atoms with E-state index in [-0.39, 0.29) is 0 Å². The van der Waals surface area contributed by atoms with E-state index in [1.807, 2.05) is 40.0 Å². The minimum absolute atomic E-state index is 1.01. The monoisotopic (exact) mass is 204 g/mol. The standard InChI is InChI=1S/C9H8N2.2C2H6/c1-7-2-3-9-8(4-7)5-10-6-11-9;2*1-2/h2-6H,1H3;2*1-2H3. The highest BCUT2D eigenvalue weighted by Crippen LogP contribution is 2.10. The molecule has 0 bridgehead atoms. The second-order valence-corrected chi connectivity index (χ2v) is 2.59. The maximum Gasteiger partial charge on any atom is 0.116 e. The summed E-state index contributed by atoms with van der Waals surface area (Å²) in [5.74, 6) is 0. The fourth-order valence-corrected chi connectivity index (χ4v) is 1.10. The number of hydrogen-bond donors (Lipinski definition) is 0. The Balaban J connectivity index is 0.000000442. The number of benzene rings is 1. The molecule has 0 N–H and O–H groups in total. The van der Waals surface area contributed by atoms with Crippen LogP contribution in [-0.4, -0.2) is 9.97 Å². The zero-order chi connectivity index (χ0) is 11.7. The van der Waals surface area contributed by atoms with Gasteiger partial charge in [0, 0.05) is 11.6 Å². The van der Waals surface area contributed by atoms with Crippen molar-refractivity contribution in [3.8, 4) is 0 Å². The number of fused-ring (bicyclic) bond motifs is 1. The van der Waals surface area contributed by atoms with E-state index in [9.17, 15) is 0 Å². The van der Waals surface area contributed by atoms with Gasteiger partial charge in [-0.3, -0.25) is 0 Å². The van der Waals surface area contributed by atoms with Crippen molar-refractivity contribution in [2.45, 2.75) is 34.6 Å². The third-order valence-electron chi connectivity index (χ3n) is 1.66. The van der Waals surface area contributed by atoms with Crippen LogP contribution in [0.1, 0.15) is 33.3 Å². The summed E-state index contributed by atoms with van der Waals surface area (Å²) >= 11 is 0. The number of aryl methyl sites for hydroxylation is 1. The van der Waals surface area contributed by atoms with E-state index in [1.165, 1.54) is 5.56 Å². The summed E-state index contributed by atoms with van der Waals surface area (Å²) < 4.78 is 0. The van der Waals surface area contributed by atoms with Gasteiger partial charge in [-0.2, -0.15) is 0 Å². The lowest BCUT2D eigenvalue weighted by molar-refractivity contribution is 1.22. The van der Waals surface area contributed by atoms with Gasteiger partial charge in [0.1, 0.15) is 6.33 Å². The molecular formula is C13H20N2. The molecule has 0 atom stereocenters. The predicted octanol–water partition coefficient (Wildman–Crippen LogP) is 3.99. The SMILES string of the molecule is CC.CC.Cc1ccc2ncncc2c1. The fourth-order valence-electron chi connectivity index (χ4n) is 1.10. The van der Waals surface area contributed by atoms with Crippen LogP contribution in [0.2, 0.25) is 0 Å². The van der Waals surface area contributed by atoms with E-state index in [0.717, 1.165) is 10.9 Å². The Bertz CT molecular complexity index is 383. The van der Waals surface area contributed by atoms with E-state index in [2.05, 4.69) is 29.0 Å². The molecule has 0 aliphatic carbocycles. The Morgan fingerprint density at radius 2 is 1.67 bits per heavy atom. The molecule has 82 valence electrons. The summed E-state index contributed by atoms with van der Waals surface area (Å²) in [5.41, 5.74) is 2.25. The third kappa shape index (κ3) is 4.07. The summed E-state index contributed by atoms with van der Waals surface area (Å²) in [7, 11) is 0. The van der Waals surface area contributed by atoms with Crippen molar-refractivity contribution in [3.63, 3.8) is 0 Å². The van der Waals surface area contributed by atoms with Gasteiger partial charge in [-0.1, -0.05) is 39.3 Å². The molecule has 0 aliphatic rings. The van der Waals surface area contributed by atoms with Gasteiger partial charge in [-0.15, -0.1) is 0 Å². The first-order valence-electron chi connectivity index (χ1n) is 5.52. The Morgan fingerprint density at radius 1 is 1.00 bits per heavy atom. The summed E-state index contributed by atoms with van der Waals surface area (Å²) in [4.78, 5) is 8.05. The van der Waals surface area contributed by atoms with Crippen molar-refractivity contribution in [1.82, 2.24) is 9.97 Å². The third-order valence-corrected chi connectivity index (χ3v) is 1.66. The molecule has 0 spiro atoms. The number of hydrogen-bond acceptors (Lipinski definition) is 2. The van der Waals surface area contributed by atoms with Gasteiger partial charge >= 0.3 is 0 Å². The lowest BCUT2D eigenvalue weighted by Crippen LogP contribution is -1.80. The highest BCUT2D eigenvalue weighted by Gasteiger charge is 1.91. The number of aromatic nitrogens is 2. The summed E-state index contributed by atoms with van der Waals surface area (Å²) in [6.07, 6.45) is 3.40. The van der Waals surface area contributed by atoms with E-state index < -0.39 is 0 Å². The first-order valence-corrected chi connectivity index (χ1v) is 5.52. The van der Waals surface area contributed by atoms with Crippen LogP contribution < -0.4 is 0 Å². The molecule has 2 nitrogen and oxygen atoms in total. The van der Waals surface area contributed by atoms with Gasteiger partial charge in [0.25, 0.3) is 0 Å². The molecule has 0 unspecified atom stereocenters. The Morgan fingerprint density at radius 3 is 2.33 bits per heavy atom. The zero-order valence-electron chi connectivity index (χ0n) is 10.3. The molecule has 0 radical (unpaired) electrons. The fraction of sp³-hybridized carbons (Fsp3) is 0.385. The van der Waals surface area contributed by atoms with Crippen molar-refractivity contribution in [3.05, 3.63) is 36.3 Å². The largest absolute Gasteiger partial charge is 0.244 e. The molecule has 2 aromatic rings. The maximum absolute atomic E-state index is 4.11. The number of rotatable bonds is 0. The van der Waals surface area contributed by atoms with Gasteiger partial charge in [0.15, 0.2) is 0 Å². The molecule has 0 amide bonds. The van der Waals surface area contributed by atoms with Crippen LogP contribution in [0, 0.1) is 6.92 Å². The molecule has 1 heterocycles. The van der Waals surface area contributed by atoms with Crippen molar-refractivity contribution >= 4 is 10.9 Å². The molecule has 1 aromatic heterocycles. The van der Waals surface area contributed by atoms with Crippen LogP contribution in [0.3, 0.4) is 0 Å². The average Bonchev–Trinajstić information content (AvgIpc) is 2.34. The zero-order valence-corrected chi connectivity index (χ0v) is 10.3. The van der Waals surface area contributed by atoms with Crippen molar-refractivity contribution in [2.75, 3.05) is 0 Å². The van der Waals surface area contributed by atoms with Crippen LogP contribution in [0.15, 0.2) is 30.7 Å². The summed E-state index contributed by atoms with van der Waals surface area (Å²) in [6, 6.07) is 6.14. The number of nitrogens with zero attached hydrogens (tertiary/aromatic N) is 2. The first kappa shape index (κ1) is 13.6. The van der Waals surface area contributed by atoms with E-state index >= 15 is 0 Å². The molecule has 2 heteroatoms. The molecule has 0 aliphatic heterocycles. The Hall–Kier alpha value is -1.44. The van der Waals surface area contributed by atoms with Crippen LogP contribution in [0.25, 0.3) is 10.9 Å². The maximum atomic E-state index is 4.11. The first-order chi connectivity index (χ1) is 7.36. The molecule has 0 fully saturated rings. The summed E-state index contributed by atoms with van der Waals surface area (Å²) in [5, 5.41) is 1.10. The van der Waals surface area contributed by atoms with E-state index in [0.29, 0.717) is 0 Å². The molecule has 2 rings (SSSR count). The molecule has 1 aromatic carbocycles. The highest BCUT2D eigenvalue weighted by molar-refractivity contribution is 5.77. The van der Waals surface area contributed by atoms with Gasteiger partial charge in [-0.05, 0) is 19.1 Å². The van der Waals surface area contributed by atoms with Crippen LogP contribution >= 0.6 is 0 Å². The second kappa shape index (κ2) is 7.92. The highest BCUT2D eigenvalue weighted by atomic mass is 14.8. The molecule has 0 saturated carbocycles. The lowest BCUT2D eigenvalue weighted by atomic mass is 10.2. The molecular weight excluding hydrogens is 184 g/mol. The van der Waals surface area contributed by atoms with Crippen LogP contribution in [0.4, 0.5) is 0 Å². The van der Waals surface area contributed by atoms with Crippen molar-refractivity contribution in [2.24, 2.45) is 0 Å². The quantitative estimate of drug-likeness (QED) is 0.648. The lowest BCUT2D eigenvalue weighted by Gasteiger charge is -1.95. The Labute approximate surface area is 92.4 Å². The smallest absolute Gasteiger partial charge is 0.116 e. The van der Waals surface area contributed by atoms with Gasteiger partial charge in [0.05, 0.1) is 5.52 Å². The minimum atomic E-state index is 1.01. The Kier molecular flexibility index (Phi) is 7.16. The van der Waals surface area contributed by atoms with Crippen LogP contribution in [0.5, 0.6) is 0 Å². The van der Waals surface area contributed by atoms with Gasteiger partial charge in [-0.25, -0.2) is 9.97 Å². The van der Waals surface area contributed by atoms with Gasteiger partial charge < -0.3 is 0 Å². The molecule has 0 saturated heterocycles. The van der Waals surface area contributed by atoms with E-state index in [1.54, 1.807) is 6.33 Å². The van der Waals surface area contributed by atoms with Crippen LogP contribution in [-0.2, 0) is 0 Å². The predicted molar refractivity (Wildman–Crippen MR) is 67.0 cm³/mol. The average molecular weight is 204 g/mol.